The number of hydrogen-bond donors (Lipinski definition) is 1. The first-order valence-electron chi connectivity index (χ1n) is 8.06. The van der Waals surface area contributed by atoms with E-state index in [1.807, 2.05) is 0 Å². The Morgan fingerprint density at radius 3 is 3.00 bits per heavy atom. The van der Waals surface area contributed by atoms with Gasteiger partial charge in [-0.15, -0.1) is 0 Å². The van der Waals surface area contributed by atoms with E-state index in [-0.39, 0.29) is 5.56 Å². The molecule has 3 rings (SSSR count). The van der Waals surface area contributed by atoms with Crippen molar-refractivity contribution in [2.45, 2.75) is 37.8 Å². The molecule has 1 aliphatic heterocycles. The molecule has 2 atom stereocenters. The predicted octanol–water partition coefficient (Wildman–Crippen LogP) is 2.41. The number of carbonyl (C=O) groups is 1. The minimum absolute atomic E-state index is 0.222. The summed E-state index contributed by atoms with van der Waals surface area (Å²) in [6.07, 6.45) is 5.25. The van der Waals surface area contributed by atoms with Crippen LogP contribution in [0, 0.1) is 0 Å². The van der Waals surface area contributed by atoms with Crippen molar-refractivity contribution in [1.29, 1.82) is 0 Å². The van der Waals surface area contributed by atoms with Crippen LogP contribution in [0.2, 0.25) is 0 Å². The number of aromatic carboxylic acids is 1. The molecule has 0 aromatic heterocycles. The SMILES string of the molecule is O=C(O)c1ccccc1OCCN1CCO[C@H]2CCCC[C@@H]21. The molecule has 0 bridgehead atoms. The molecule has 0 unspecified atom stereocenters. The van der Waals surface area contributed by atoms with Crippen molar-refractivity contribution in [3.8, 4) is 5.75 Å². The molecule has 1 aromatic rings. The van der Waals surface area contributed by atoms with Gasteiger partial charge in [-0.2, -0.15) is 0 Å². The second kappa shape index (κ2) is 7.11. The van der Waals surface area contributed by atoms with E-state index >= 15 is 0 Å². The van der Waals surface area contributed by atoms with E-state index in [1.165, 1.54) is 19.3 Å². The van der Waals surface area contributed by atoms with Gasteiger partial charge in [0.1, 0.15) is 17.9 Å². The second-order valence-corrected chi connectivity index (χ2v) is 5.95. The molecule has 1 saturated heterocycles. The Morgan fingerprint density at radius 2 is 2.14 bits per heavy atom. The summed E-state index contributed by atoms with van der Waals surface area (Å²) in [5.41, 5.74) is 0.222. The van der Waals surface area contributed by atoms with Gasteiger partial charge in [-0.3, -0.25) is 4.90 Å². The Morgan fingerprint density at radius 1 is 1.32 bits per heavy atom. The monoisotopic (exact) mass is 305 g/mol. The van der Waals surface area contributed by atoms with Crippen LogP contribution in [0.4, 0.5) is 0 Å². The molecular formula is C17H23NO4. The van der Waals surface area contributed by atoms with Crippen LogP contribution in [0.3, 0.4) is 0 Å². The first-order valence-corrected chi connectivity index (χ1v) is 8.06. The third-order valence-electron chi connectivity index (χ3n) is 4.60. The lowest BCUT2D eigenvalue weighted by Gasteiger charge is -2.43. The fourth-order valence-corrected chi connectivity index (χ4v) is 3.50. The van der Waals surface area contributed by atoms with E-state index in [0.717, 1.165) is 26.1 Å². The molecule has 0 radical (unpaired) electrons. The lowest BCUT2D eigenvalue weighted by atomic mass is 9.90. The minimum atomic E-state index is -0.950. The van der Waals surface area contributed by atoms with Gasteiger partial charge in [-0.1, -0.05) is 25.0 Å². The van der Waals surface area contributed by atoms with Gasteiger partial charge in [-0.25, -0.2) is 4.79 Å². The van der Waals surface area contributed by atoms with Crippen LogP contribution in [0.25, 0.3) is 0 Å². The molecule has 5 heteroatoms. The zero-order valence-corrected chi connectivity index (χ0v) is 12.7. The van der Waals surface area contributed by atoms with E-state index < -0.39 is 5.97 Å². The molecule has 1 aromatic carbocycles. The van der Waals surface area contributed by atoms with Gasteiger partial charge in [0, 0.05) is 19.1 Å². The van der Waals surface area contributed by atoms with Gasteiger partial charge in [-0.05, 0) is 25.0 Å². The molecule has 1 heterocycles. The highest BCUT2D eigenvalue weighted by Gasteiger charge is 2.33. The topological polar surface area (TPSA) is 59.0 Å². The van der Waals surface area contributed by atoms with Crippen molar-refractivity contribution in [2.24, 2.45) is 0 Å². The quantitative estimate of drug-likeness (QED) is 0.905. The Hall–Kier alpha value is -1.59. The number of rotatable bonds is 5. The molecule has 5 nitrogen and oxygen atoms in total. The molecule has 120 valence electrons. The number of ether oxygens (including phenoxy) is 2. The van der Waals surface area contributed by atoms with Gasteiger partial charge >= 0.3 is 5.97 Å². The summed E-state index contributed by atoms with van der Waals surface area (Å²) in [6, 6.07) is 7.30. The number of fused-ring (bicyclic) bond motifs is 1. The predicted molar refractivity (Wildman–Crippen MR) is 82.5 cm³/mol. The number of para-hydroxylation sites is 1. The van der Waals surface area contributed by atoms with E-state index in [1.54, 1.807) is 24.3 Å². The van der Waals surface area contributed by atoms with Gasteiger partial charge < -0.3 is 14.6 Å². The summed E-state index contributed by atoms with van der Waals surface area (Å²) >= 11 is 0. The highest BCUT2D eigenvalue weighted by atomic mass is 16.5. The molecule has 2 aliphatic rings. The maximum absolute atomic E-state index is 11.2. The first-order chi connectivity index (χ1) is 10.8. The van der Waals surface area contributed by atoms with Crippen molar-refractivity contribution in [1.82, 2.24) is 4.90 Å². The maximum Gasteiger partial charge on any atom is 0.339 e. The van der Waals surface area contributed by atoms with Gasteiger partial charge in [0.25, 0.3) is 0 Å². The molecule has 1 saturated carbocycles. The summed E-state index contributed by atoms with van der Waals surface area (Å²) in [7, 11) is 0. The number of carboxylic acids is 1. The van der Waals surface area contributed by atoms with Crippen LogP contribution in [0.15, 0.2) is 24.3 Å². The van der Waals surface area contributed by atoms with Crippen molar-refractivity contribution in [3.05, 3.63) is 29.8 Å². The largest absolute Gasteiger partial charge is 0.491 e. The lowest BCUT2D eigenvalue weighted by Crippen LogP contribution is -2.53. The Balaban J connectivity index is 1.55. The second-order valence-electron chi connectivity index (χ2n) is 5.95. The molecule has 2 fully saturated rings. The Bertz CT molecular complexity index is 517. The average Bonchev–Trinajstić information content (AvgIpc) is 2.55. The van der Waals surface area contributed by atoms with Crippen molar-refractivity contribution >= 4 is 5.97 Å². The van der Waals surface area contributed by atoms with E-state index in [9.17, 15) is 4.79 Å². The highest BCUT2D eigenvalue weighted by Crippen LogP contribution is 2.28. The number of nitrogens with zero attached hydrogens (tertiary/aromatic N) is 1. The smallest absolute Gasteiger partial charge is 0.339 e. The molecular weight excluding hydrogens is 282 g/mol. The van der Waals surface area contributed by atoms with Crippen LogP contribution in [-0.2, 0) is 4.74 Å². The minimum Gasteiger partial charge on any atom is -0.491 e. The van der Waals surface area contributed by atoms with Crippen LogP contribution >= 0.6 is 0 Å². The van der Waals surface area contributed by atoms with Crippen molar-refractivity contribution < 1.29 is 19.4 Å². The molecule has 22 heavy (non-hydrogen) atoms. The number of hydrogen-bond acceptors (Lipinski definition) is 4. The highest BCUT2D eigenvalue weighted by molar-refractivity contribution is 5.90. The van der Waals surface area contributed by atoms with Crippen LogP contribution in [0.5, 0.6) is 5.75 Å². The maximum atomic E-state index is 11.2. The lowest BCUT2D eigenvalue weighted by molar-refractivity contribution is -0.0901. The van der Waals surface area contributed by atoms with Gasteiger partial charge in [0.05, 0.1) is 12.7 Å². The summed E-state index contributed by atoms with van der Waals surface area (Å²) in [5.74, 6) is -0.502. The van der Waals surface area contributed by atoms with E-state index in [0.29, 0.717) is 24.5 Å². The third-order valence-corrected chi connectivity index (χ3v) is 4.60. The molecule has 0 spiro atoms. The summed E-state index contributed by atoms with van der Waals surface area (Å²) < 4.78 is 11.6. The Kier molecular flexibility index (Phi) is 4.95. The van der Waals surface area contributed by atoms with Crippen LogP contribution < -0.4 is 4.74 Å². The number of carboxylic acid groups (broad SMARTS) is 1. The van der Waals surface area contributed by atoms with Gasteiger partial charge in [0.2, 0.25) is 0 Å². The average molecular weight is 305 g/mol. The summed E-state index contributed by atoms with van der Waals surface area (Å²) in [4.78, 5) is 13.6. The summed E-state index contributed by atoms with van der Waals surface area (Å²) in [6.45, 7) is 3.05. The van der Waals surface area contributed by atoms with E-state index in [4.69, 9.17) is 14.6 Å². The zero-order valence-electron chi connectivity index (χ0n) is 12.7. The number of morpholine rings is 1. The third kappa shape index (κ3) is 3.42. The van der Waals surface area contributed by atoms with Crippen LogP contribution in [-0.4, -0.2) is 54.4 Å². The normalized spacial score (nSPS) is 25.5. The molecule has 1 aliphatic carbocycles. The van der Waals surface area contributed by atoms with Crippen molar-refractivity contribution in [3.63, 3.8) is 0 Å². The number of benzene rings is 1. The molecule has 0 amide bonds. The van der Waals surface area contributed by atoms with E-state index in [2.05, 4.69) is 4.90 Å². The fraction of sp³-hybridized carbons (Fsp3) is 0.588. The first kappa shape index (κ1) is 15.3. The standard InChI is InChI=1S/C17H23NO4/c19-17(20)13-5-1-3-7-15(13)21-11-9-18-10-12-22-16-8-4-2-6-14(16)18/h1,3,5,7,14,16H,2,4,6,8-12H2,(H,19,20)/t14-,16-/m0/s1. The fourth-order valence-electron chi connectivity index (χ4n) is 3.50. The van der Waals surface area contributed by atoms with Gasteiger partial charge in [0.15, 0.2) is 0 Å². The zero-order chi connectivity index (χ0) is 15.4. The Labute approximate surface area is 130 Å². The van der Waals surface area contributed by atoms with Crippen LogP contribution in [0.1, 0.15) is 36.0 Å². The summed E-state index contributed by atoms with van der Waals surface area (Å²) in [5, 5.41) is 9.16. The van der Waals surface area contributed by atoms with Crippen molar-refractivity contribution in [2.75, 3.05) is 26.3 Å². The molecule has 1 N–H and O–H groups in total.